The highest BCUT2D eigenvalue weighted by atomic mass is 35.6. The third-order valence-electron chi connectivity index (χ3n) is 3.17. The average molecular weight is 451 g/mol. The Bertz CT molecular complexity index is 790. The van der Waals surface area contributed by atoms with Crippen molar-refractivity contribution < 1.29 is 9.59 Å². The summed E-state index contributed by atoms with van der Waals surface area (Å²) in [5, 5.41) is 10.2. The molecule has 138 valence electrons. The third kappa shape index (κ3) is 6.10. The van der Waals surface area contributed by atoms with Gasteiger partial charge in [-0.25, -0.2) is 0 Å². The van der Waals surface area contributed by atoms with Crippen LogP contribution in [0, 0.1) is 0 Å². The van der Waals surface area contributed by atoms with Crippen molar-refractivity contribution in [3.05, 3.63) is 52.2 Å². The van der Waals surface area contributed by atoms with E-state index in [2.05, 4.69) is 16.0 Å². The third-order valence-corrected chi connectivity index (χ3v) is 4.92. The number of thiophene rings is 1. The quantitative estimate of drug-likeness (QED) is 0.273. The number of rotatable bonds is 5. The van der Waals surface area contributed by atoms with Crippen LogP contribution >= 0.6 is 58.4 Å². The number of hydrogen-bond acceptors (Lipinski definition) is 4. The molecule has 1 aromatic carbocycles. The monoisotopic (exact) mass is 449 g/mol. The highest BCUT2D eigenvalue weighted by Gasteiger charge is 2.35. The number of benzene rings is 1. The highest BCUT2D eigenvalue weighted by Crippen LogP contribution is 2.29. The maximum absolute atomic E-state index is 12.2. The molecule has 1 amide bonds. The maximum Gasteiger partial charge on any atom is 0.263 e. The number of alkyl halides is 3. The topological polar surface area (TPSA) is 70.2 Å². The zero-order chi connectivity index (χ0) is 19.3. The van der Waals surface area contributed by atoms with Crippen molar-refractivity contribution in [3.63, 3.8) is 0 Å². The summed E-state index contributed by atoms with van der Waals surface area (Å²) in [6.45, 7) is 1.48. The first-order valence-corrected chi connectivity index (χ1v) is 9.68. The Hall–Kier alpha value is -1.38. The Balaban J connectivity index is 2.02. The van der Waals surface area contributed by atoms with E-state index >= 15 is 0 Å². The van der Waals surface area contributed by atoms with Gasteiger partial charge in [0.05, 0.1) is 4.88 Å². The van der Waals surface area contributed by atoms with Crippen LogP contribution in [0.1, 0.15) is 27.0 Å². The van der Waals surface area contributed by atoms with E-state index in [1.54, 1.807) is 41.8 Å². The second-order valence-corrected chi connectivity index (χ2v) is 8.88. The summed E-state index contributed by atoms with van der Waals surface area (Å²) < 4.78 is -1.84. The van der Waals surface area contributed by atoms with Gasteiger partial charge in [-0.1, -0.05) is 40.9 Å². The number of Topliss-reactive ketones (excluding diaryl/α,β-unsaturated/α-hetero) is 1. The summed E-state index contributed by atoms with van der Waals surface area (Å²) in [5.74, 6) is -0.428. The molecule has 0 spiro atoms. The van der Waals surface area contributed by atoms with Crippen molar-refractivity contribution in [1.82, 2.24) is 10.6 Å². The van der Waals surface area contributed by atoms with Gasteiger partial charge in [0.1, 0.15) is 6.17 Å². The smallest absolute Gasteiger partial charge is 0.263 e. The number of carbonyl (C=O) groups is 2. The molecule has 1 unspecified atom stereocenters. The van der Waals surface area contributed by atoms with Crippen LogP contribution in [0.3, 0.4) is 0 Å². The predicted molar refractivity (Wildman–Crippen MR) is 112 cm³/mol. The molecule has 0 aliphatic heterocycles. The van der Waals surface area contributed by atoms with Gasteiger partial charge in [0.2, 0.25) is 3.79 Å². The van der Waals surface area contributed by atoms with Crippen LogP contribution in [0.4, 0.5) is 5.69 Å². The molecule has 5 nitrogen and oxygen atoms in total. The van der Waals surface area contributed by atoms with Gasteiger partial charge in [-0.05, 0) is 54.9 Å². The van der Waals surface area contributed by atoms with E-state index in [-0.39, 0.29) is 10.9 Å². The highest BCUT2D eigenvalue weighted by molar-refractivity contribution is 7.80. The summed E-state index contributed by atoms with van der Waals surface area (Å²) in [5.41, 5.74) is 1.22. The molecule has 1 heterocycles. The van der Waals surface area contributed by atoms with Crippen molar-refractivity contribution in [2.24, 2.45) is 0 Å². The lowest BCUT2D eigenvalue weighted by Crippen LogP contribution is -2.56. The number of thiocarbonyl (C=S) groups is 1. The summed E-state index contributed by atoms with van der Waals surface area (Å²) in [6.07, 6.45) is -1.06. The first-order chi connectivity index (χ1) is 12.2. The van der Waals surface area contributed by atoms with Gasteiger partial charge in [-0.3, -0.25) is 9.59 Å². The molecule has 0 aliphatic rings. The Kier molecular flexibility index (Phi) is 7.25. The van der Waals surface area contributed by atoms with E-state index in [1.807, 2.05) is 0 Å². The summed E-state index contributed by atoms with van der Waals surface area (Å²) in [7, 11) is 0. The number of anilines is 1. The van der Waals surface area contributed by atoms with Crippen molar-refractivity contribution in [2.45, 2.75) is 16.9 Å². The van der Waals surface area contributed by atoms with Crippen LogP contribution in [0.25, 0.3) is 0 Å². The van der Waals surface area contributed by atoms with Crippen molar-refractivity contribution in [3.8, 4) is 0 Å². The van der Waals surface area contributed by atoms with Gasteiger partial charge in [0.25, 0.3) is 5.91 Å². The Morgan fingerprint density at radius 3 is 2.27 bits per heavy atom. The lowest BCUT2D eigenvalue weighted by molar-refractivity contribution is 0.0937. The van der Waals surface area contributed by atoms with Crippen molar-refractivity contribution >= 4 is 80.8 Å². The average Bonchev–Trinajstić information content (AvgIpc) is 3.08. The lowest BCUT2D eigenvalue weighted by atomic mass is 10.1. The Labute approximate surface area is 175 Å². The molecule has 0 fully saturated rings. The minimum atomic E-state index is -1.84. The molecule has 2 rings (SSSR count). The second kappa shape index (κ2) is 9.01. The van der Waals surface area contributed by atoms with E-state index in [0.717, 1.165) is 0 Å². The molecular formula is C16H14Cl3N3O2S2. The standard InChI is InChI=1S/C16H14Cl3N3O2S2/c1-9(23)10-4-6-11(7-5-10)20-15(25)22-14(16(17,18)19)21-13(24)12-3-2-8-26-12/h2-8,14H,1H3,(H,21,24)(H2,20,22,25). The van der Waals surface area contributed by atoms with E-state index in [4.69, 9.17) is 47.0 Å². The largest absolute Gasteiger partial charge is 0.339 e. The van der Waals surface area contributed by atoms with Crippen LogP contribution in [-0.2, 0) is 0 Å². The summed E-state index contributed by atoms with van der Waals surface area (Å²) in [4.78, 5) is 24.0. The number of amides is 1. The number of hydrogen-bond donors (Lipinski definition) is 3. The molecule has 2 aromatic rings. The fourth-order valence-corrected chi connectivity index (χ4v) is 3.09. The van der Waals surface area contributed by atoms with E-state index in [9.17, 15) is 9.59 Å². The Morgan fingerprint density at radius 2 is 1.77 bits per heavy atom. The number of halogens is 3. The second-order valence-electron chi connectivity index (χ2n) is 5.16. The van der Waals surface area contributed by atoms with Crippen LogP contribution in [0.5, 0.6) is 0 Å². The lowest BCUT2D eigenvalue weighted by Gasteiger charge is -2.27. The molecule has 0 aliphatic carbocycles. The molecule has 0 saturated carbocycles. The summed E-state index contributed by atoms with van der Waals surface area (Å²) in [6, 6.07) is 10.1. The molecule has 0 bridgehead atoms. The molecule has 3 N–H and O–H groups in total. The first-order valence-electron chi connectivity index (χ1n) is 7.26. The van der Waals surface area contributed by atoms with E-state index in [1.165, 1.54) is 18.3 Å². The van der Waals surface area contributed by atoms with E-state index in [0.29, 0.717) is 16.1 Å². The molecule has 1 aromatic heterocycles. The van der Waals surface area contributed by atoms with Gasteiger partial charge >= 0.3 is 0 Å². The first kappa shape index (κ1) is 20.9. The molecule has 10 heteroatoms. The van der Waals surface area contributed by atoms with Crippen LogP contribution in [0.2, 0.25) is 0 Å². The minimum absolute atomic E-state index is 0.0372. The van der Waals surface area contributed by atoms with Gasteiger partial charge < -0.3 is 16.0 Å². The van der Waals surface area contributed by atoms with Crippen molar-refractivity contribution in [2.75, 3.05) is 5.32 Å². The molecular weight excluding hydrogens is 437 g/mol. The normalized spacial score (nSPS) is 12.2. The fraction of sp³-hybridized carbons (Fsp3) is 0.188. The van der Waals surface area contributed by atoms with Crippen LogP contribution in [-0.4, -0.2) is 26.8 Å². The predicted octanol–water partition coefficient (Wildman–Crippen LogP) is 4.36. The van der Waals surface area contributed by atoms with Crippen molar-refractivity contribution in [1.29, 1.82) is 0 Å². The van der Waals surface area contributed by atoms with Crippen LogP contribution in [0.15, 0.2) is 41.8 Å². The van der Waals surface area contributed by atoms with Crippen LogP contribution < -0.4 is 16.0 Å². The zero-order valence-electron chi connectivity index (χ0n) is 13.4. The molecule has 1 atom stereocenters. The SMILES string of the molecule is CC(=O)c1ccc(NC(=S)NC(NC(=O)c2cccs2)C(Cl)(Cl)Cl)cc1. The van der Waals surface area contributed by atoms with Gasteiger partial charge in [-0.2, -0.15) is 0 Å². The molecule has 0 radical (unpaired) electrons. The van der Waals surface area contributed by atoms with Gasteiger partial charge in [0.15, 0.2) is 10.9 Å². The van der Waals surface area contributed by atoms with Gasteiger partial charge in [-0.15, -0.1) is 11.3 Å². The Morgan fingerprint density at radius 1 is 1.12 bits per heavy atom. The molecule has 26 heavy (non-hydrogen) atoms. The summed E-state index contributed by atoms with van der Waals surface area (Å²) >= 11 is 24.3. The van der Waals surface area contributed by atoms with E-state index < -0.39 is 15.9 Å². The number of carbonyl (C=O) groups excluding carboxylic acids is 2. The van der Waals surface area contributed by atoms with Gasteiger partial charge in [0, 0.05) is 11.3 Å². The fourth-order valence-electron chi connectivity index (χ4n) is 1.90. The number of nitrogens with one attached hydrogen (secondary N) is 3. The zero-order valence-corrected chi connectivity index (χ0v) is 17.3. The number of ketones is 1. The molecule has 0 saturated heterocycles. The minimum Gasteiger partial charge on any atom is -0.339 e. The maximum atomic E-state index is 12.2.